The zero-order chi connectivity index (χ0) is 13.7. The van der Waals surface area contributed by atoms with Gasteiger partial charge in [0.25, 0.3) is 0 Å². The van der Waals surface area contributed by atoms with Gasteiger partial charge in [0.05, 0.1) is 25.1 Å². The second-order valence-electron chi connectivity index (χ2n) is 4.75. The number of carbonyl (C=O) groups excluding carboxylic acids is 1. The number of aromatic nitrogens is 1. The van der Waals surface area contributed by atoms with Crippen LogP contribution in [0.5, 0.6) is 0 Å². The Morgan fingerprint density at radius 2 is 2.11 bits per heavy atom. The molecule has 2 amide bonds. The van der Waals surface area contributed by atoms with E-state index in [1.807, 2.05) is 26.0 Å². The molecule has 0 aromatic carbocycles. The van der Waals surface area contributed by atoms with Crippen LogP contribution < -0.4 is 15.5 Å². The molecule has 1 aliphatic rings. The molecule has 0 atom stereocenters. The molecule has 0 radical (unpaired) electrons. The predicted molar refractivity (Wildman–Crippen MR) is 74.6 cm³/mol. The lowest BCUT2D eigenvalue weighted by molar-refractivity contribution is 0.122. The van der Waals surface area contributed by atoms with Crippen LogP contribution in [0.3, 0.4) is 0 Å². The van der Waals surface area contributed by atoms with Gasteiger partial charge in [0.2, 0.25) is 0 Å². The van der Waals surface area contributed by atoms with Crippen LogP contribution in [-0.2, 0) is 4.74 Å². The highest BCUT2D eigenvalue weighted by Crippen LogP contribution is 2.16. The number of ether oxygens (including phenoxy) is 1. The van der Waals surface area contributed by atoms with Gasteiger partial charge in [-0.3, -0.25) is 5.32 Å². The largest absolute Gasteiger partial charge is 0.378 e. The van der Waals surface area contributed by atoms with Crippen LogP contribution in [0.25, 0.3) is 0 Å². The van der Waals surface area contributed by atoms with Gasteiger partial charge >= 0.3 is 6.03 Å². The van der Waals surface area contributed by atoms with Gasteiger partial charge in [-0.2, -0.15) is 0 Å². The van der Waals surface area contributed by atoms with Crippen molar-refractivity contribution in [1.29, 1.82) is 0 Å². The third kappa shape index (κ3) is 4.10. The van der Waals surface area contributed by atoms with E-state index in [4.69, 9.17) is 4.74 Å². The van der Waals surface area contributed by atoms with Gasteiger partial charge in [0, 0.05) is 19.1 Å². The molecule has 1 aromatic heterocycles. The molecule has 0 aliphatic carbocycles. The molecular weight excluding hydrogens is 244 g/mol. The summed E-state index contributed by atoms with van der Waals surface area (Å²) < 4.78 is 5.31. The third-order valence-corrected chi connectivity index (χ3v) is 2.79. The number of anilines is 2. The average molecular weight is 264 g/mol. The first-order valence-corrected chi connectivity index (χ1v) is 6.51. The predicted octanol–water partition coefficient (Wildman–Crippen LogP) is 1.45. The zero-order valence-corrected chi connectivity index (χ0v) is 11.3. The first-order chi connectivity index (χ1) is 9.15. The van der Waals surface area contributed by atoms with Crippen molar-refractivity contribution in [3.8, 4) is 0 Å². The van der Waals surface area contributed by atoms with E-state index >= 15 is 0 Å². The van der Waals surface area contributed by atoms with Crippen molar-refractivity contribution in [2.45, 2.75) is 19.9 Å². The lowest BCUT2D eigenvalue weighted by Gasteiger charge is -2.28. The molecule has 2 N–H and O–H groups in total. The molecule has 0 spiro atoms. The Morgan fingerprint density at radius 3 is 2.68 bits per heavy atom. The van der Waals surface area contributed by atoms with Crippen LogP contribution in [-0.4, -0.2) is 43.4 Å². The van der Waals surface area contributed by atoms with Crippen LogP contribution in [0.1, 0.15) is 13.8 Å². The fourth-order valence-corrected chi connectivity index (χ4v) is 1.88. The first kappa shape index (κ1) is 13.6. The fourth-order valence-electron chi connectivity index (χ4n) is 1.88. The summed E-state index contributed by atoms with van der Waals surface area (Å²) in [5.74, 6) is 0.551. The van der Waals surface area contributed by atoms with E-state index in [1.54, 1.807) is 6.20 Å². The lowest BCUT2D eigenvalue weighted by atomic mass is 10.3. The van der Waals surface area contributed by atoms with Crippen molar-refractivity contribution in [3.05, 3.63) is 18.3 Å². The molecule has 6 nitrogen and oxygen atoms in total. The summed E-state index contributed by atoms with van der Waals surface area (Å²) in [6.45, 7) is 7.07. The maximum Gasteiger partial charge on any atom is 0.320 e. The van der Waals surface area contributed by atoms with Crippen molar-refractivity contribution in [2.75, 3.05) is 36.5 Å². The Morgan fingerprint density at radius 1 is 1.37 bits per heavy atom. The number of rotatable bonds is 3. The molecule has 0 bridgehead atoms. The number of carbonyl (C=O) groups is 1. The average Bonchev–Trinajstić information content (AvgIpc) is 2.39. The van der Waals surface area contributed by atoms with Gasteiger partial charge < -0.3 is 15.0 Å². The second kappa shape index (κ2) is 6.38. The summed E-state index contributed by atoms with van der Waals surface area (Å²) in [4.78, 5) is 18.0. The minimum Gasteiger partial charge on any atom is -0.378 e. The third-order valence-electron chi connectivity index (χ3n) is 2.79. The van der Waals surface area contributed by atoms with Crippen molar-refractivity contribution in [3.63, 3.8) is 0 Å². The Balaban J connectivity index is 1.92. The summed E-state index contributed by atoms with van der Waals surface area (Å²) in [6, 6.07) is 3.64. The van der Waals surface area contributed by atoms with E-state index in [1.165, 1.54) is 0 Å². The molecule has 0 unspecified atom stereocenters. The molecule has 1 saturated heterocycles. The number of amides is 2. The number of urea groups is 1. The van der Waals surface area contributed by atoms with Gasteiger partial charge in [0.1, 0.15) is 5.82 Å². The van der Waals surface area contributed by atoms with E-state index in [0.29, 0.717) is 5.82 Å². The van der Waals surface area contributed by atoms with Crippen LogP contribution in [0, 0.1) is 0 Å². The van der Waals surface area contributed by atoms with Crippen molar-refractivity contribution < 1.29 is 9.53 Å². The summed E-state index contributed by atoms with van der Waals surface area (Å²) >= 11 is 0. The summed E-state index contributed by atoms with van der Waals surface area (Å²) in [5.41, 5.74) is 1.05. The topological polar surface area (TPSA) is 66.5 Å². The van der Waals surface area contributed by atoms with E-state index in [9.17, 15) is 4.79 Å². The van der Waals surface area contributed by atoms with Crippen molar-refractivity contribution in [1.82, 2.24) is 10.3 Å². The molecule has 19 heavy (non-hydrogen) atoms. The van der Waals surface area contributed by atoms with E-state index in [2.05, 4.69) is 20.5 Å². The van der Waals surface area contributed by atoms with Crippen LogP contribution in [0.15, 0.2) is 18.3 Å². The number of hydrogen-bond acceptors (Lipinski definition) is 4. The molecule has 6 heteroatoms. The highest BCUT2D eigenvalue weighted by molar-refractivity contribution is 5.88. The van der Waals surface area contributed by atoms with Crippen molar-refractivity contribution in [2.24, 2.45) is 0 Å². The lowest BCUT2D eigenvalue weighted by Crippen LogP contribution is -2.36. The van der Waals surface area contributed by atoms with E-state index in [-0.39, 0.29) is 12.1 Å². The first-order valence-electron chi connectivity index (χ1n) is 6.51. The smallest absolute Gasteiger partial charge is 0.320 e. The SMILES string of the molecule is CC(C)NC(=O)Nc1ccc(N2CCOCC2)cn1. The van der Waals surface area contributed by atoms with Gasteiger partial charge in [-0.25, -0.2) is 9.78 Å². The summed E-state index contributed by atoms with van der Waals surface area (Å²) in [7, 11) is 0. The maximum absolute atomic E-state index is 11.5. The van der Waals surface area contributed by atoms with Gasteiger partial charge in [-0.15, -0.1) is 0 Å². The normalized spacial score (nSPS) is 15.4. The summed E-state index contributed by atoms with van der Waals surface area (Å²) in [5, 5.41) is 5.45. The number of morpholine rings is 1. The van der Waals surface area contributed by atoms with Gasteiger partial charge in [-0.05, 0) is 26.0 Å². The quantitative estimate of drug-likeness (QED) is 0.867. The van der Waals surface area contributed by atoms with Gasteiger partial charge in [-0.1, -0.05) is 0 Å². The van der Waals surface area contributed by atoms with Crippen LogP contribution >= 0.6 is 0 Å². The Kier molecular flexibility index (Phi) is 4.57. The highest BCUT2D eigenvalue weighted by Gasteiger charge is 2.11. The van der Waals surface area contributed by atoms with E-state index < -0.39 is 0 Å². The highest BCUT2D eigenvalue weighted by atomic mass is 16.5. The van der Waals surface area contributed by atoms with Crippen molar-refractivity contribution >= 4 is 17.5 Å². The molecule has 104 valence electrons. The number of nitrogens with one attached hydrogen (secondary N) is 2. The standard InChI is InChI=1S/C13H20N4O2/c1-10(2)15-13(18)16-12-4-3-11(9-14-12)17-5-7-19-8-6-17/h3-4,9-10H,5-8H2,1-2H3,(H2,14,15,16,18). The monoisotopic (exact) mass is 264 g/mol. The zero-order valence-electron chi connectivity index (χ0n) is 11.3. The van der Waals surface area contributed by atoms with Gasteiger partial charge in [0.15, 0.2) is 0 Å². The number of pyridine rings is 1. The second-order valence-corrected chi connectivity index (χ2v) is 4.75. The van der Waals surface area contributed by atoms with E-state index in [0.717, 1.165) is 32.0 Å². The minimum absolute atomic E-state index is 0.104. The fraction of sp³-hybridized carbons (Fsp3) is 0.538. The molecule has 0 saturated carbocycles. The Hall–Kier alpha value is -1.82. The maximum atomic E-state index is 11.5. The number of nitrogens with zero attached hydrogens (tertiary/aromatic N) is 2. The number of hydrogen-bond donors (Lipinski definition) is 2. The molecular formula is C13H20N4O2. The molecule has 1 aromatic rings. The molecule has 2 rings (SSSR count). The summed E-state index contributed by atoms with van der Waals surface area (Å²) in [6.07, 6.45) is 1.77. The molecule has 1 fully saturated rings. The Bertz CT molecular complexity index is 413. The Labute approximate surface area is 113 Å². The molecule has 2 heterocycles. The minimum atomic E-state index is -0.235. The van der Waals surface area contributed by atoms with Crippen LogP contribution in [0.2, 0.25) is 0 Å². The molecule has 1 aliphatic heterocycles. The van der Waals surface area contributed by atoms with Crippen LogP contribution in [0.4, 0.5) is 16.3 Å².